The third-order valence-corrected chi connectivity index (χ3v) is 3.14. The Labute approximate surface area is 92.6 Å². The van der Waals surface area contributed by atoms with Gasteiger partial charge in [0.1, 0.15) is 15.8 Å². The second kappa shape index (κ2) is 4.18. The molecule has 2 rings (SSSR count). The van der Waals surface area contributed by atoms with E-state index in [9.17, 15) is 13.0 Å². The molecule has 0 amide bonds. The van der Waals surface area contributed by atoms with Crippen molar-refractivity contribution in [1.82, 2.24) is 0 Å². The van der Waals surface area contributed by atoms with Gasteiger partial charge >= 0.3 is 0 Å². The fourth-order valence-electron chi connectivity index (χ4n) is 1.56. The summed E-state index contributed by atoms with van der Waals surface area (Å²) in [6.45, 7) is 0. The van der Waals surface area contributed by atoms with Crippen molar-refractivity contribution in [3.63, 3.8) is 0 Å². The molecule has 0 unspecified atom stereocenters. The Morgan fingerprint density at radius 3 is 2.19 bits per heavy atom. The molecule has 0 aliphatic carbocycles. The highest BCUT2D eigenvalue weighted by molar-refractivity contribution is 7.86. The number of benzene rings is 2. The van der Waals surface area contributed by atoms with Crippen LogP contribution in [0.2, 0.25) is 0 Å². The van der Waals surface area contributed by atoms with Gasteiger partial charge in [0.05, 0.1) is 4.90 Å². The summed E-state index contributed by atoms with van der Waals surface area (Å²) in [6, 6.07) is 9.65. The Kier molecular flexibility index (Phi) is 3.30. The third kappa shape index (κ3) is 2.05. The first kappa shape index (κ1) is 12.6. The van der Waals surface area contributed by atoms with E-state index in [4.69, 9.17) is 0 Å². The van der Waals surface area contributed by atoms with Crippen LogP contribution in [0.15, 0.2) is 41.3 Å². The van der Waals surface area contributed by atoms with Crippen LogP contribution < -0.4 is 5.73 Å². The predicted octanol–water partition coefficient (Wildman–Crippen LogP) is -0.207. The Bertz CT molecular complexity index is 622. The quantitative estimate of drug-likeness (QED) is 0.696. The average Bonchev–Trinajstić information content (AvgIpc) is 2.16. The van der Waals surface area contributed by atoms with Gasteiger partial charge in [-0.15, -0.1) is 0 Å². The van der Waals surface area contributed by atoms with Crippen LogP contribution in [0.25, 0.3) is 10.8 Å². The molecule has 0 heterocycles. The molecule has 5 N–H and O–H groups in total. The minimum absolute atomic E-state index is 0. The average molecular weight is 241 g/mol. The number of rotatable bonds is 1. The molecule has 0 aliphatic heterocycles. The highest BCUT2D eigenvalue weighted by Gasteiger charge is 2.08. The first-order chi connectivity index (χ1) is 7.00. The lowest BCUT2D eigenvalue weighted by atomic mass is 10.1. The van der Waals surface area contributed by atoms with E-state index < -0.39 is 10.1 Å². The first-order valence-electron chi connectivity index (χ1n) is 4.30. The monoisotopic (exact) mass is 241 g/mol. The summed E-state index contributed by atoms with van der Waals surface area (Å²) in [6.07, 6.45) is 0. The van der Waals surface area contributed by atoms with Crippen LogP contribution in [0.1, 0.15) is 0 Å². The predicted molar refractivity (Wildman–Crippen MR) is 58.1 cm³/mol. The summed E-state index contributed by atoms with van der Waals surface area (Å²) in [7, 11) is -4.42. The summed E-state index contributed by atoms with van der Waals surface area (Å²) in [5.41, 5.74) is 4.48. The fraction of sp³-hybridized carbons (Fsp3) is 0. The van der Waals surface area contributed by atoms with Crippen molar-refractivity contribution in [1.29, 1.82) is 0 Å². The molecule has 0 aliphatic rings. The maximum absolute atomic E-state index is 11.0. The molecule has 86 valence electrons. The zero-order valence-electron chi connectivity index (χ0n) is 8.30. The second-order valence-electron chi connectivity index (χ2n) is 3.22. The zero-order valence-corrected chi connectivity index (χ0v) is 9.12. The number of hydrogen-bond acceptors (Lipinski definition) is 3. The van der Waals surface area contributed by atoms with Crippen molar-refractivity contribution in [2.45, 2.75) is 4.90 Å². The lowest BCUT2D eigenvalue weighted by Gasteiger charge is -2.10. The van der Waals surface area contributed by atoms with E-state index in [1.165, 1.54) is 6.07 Å². The maximum atomic E-state index is 11.0. The number of quaternary nitrogens is 1. The summed E-state index contributed by atoms with van der Waals surface area (Å²) in [5.74, 6) is 0. The molecule has 0 bridgehead atoms. The normalized spacial score (nSPS) is 11.1. The van der Waals surface area contributed by atoms with E-state index in [-0.39, 0.29) is 10.4 Å². The highest BCUT2D eigenvalue weighted by Crippen LogP contribution is 2.25. The second-order valence-corrected chi connectivity index (χ2v) is 4.57. The molecule has 0 saturated heterocycles. The van der Waals surface area contributed by atoms with Gasteiger partial charge in [0, 0.05) is 10.8 Å². The Balaban J connectivity index is 0.00000128. The molecule has 0 spiro atoms. The molecular weight excluding hydrogens is 230 g/mol. The molecule has 2 aromatic rings. The van der Waals surface area contributed by atoms with Crippen LogP contribution in [0, 0.1) is 0 Å². The lowest BCUT2D eigenvalue weighted by Crippen LogP contribution is -2.40. The Hall–Kier alpha value is -1.47. The number of fused-ring (bicyclic) bond motifs is 1. The topological polar surface area (TPSA) is 116 Å². The van der Waals surface area contributed by atoms with Gasteiger partial charge < -0.3 is 15.8 Å². The molecule has 0 fully saturated rings. The fourth-order valence-corrected chi connectivity index (χ4v) is 2.26. The van der Waals surface area contributed by atoms with Crippen molar-refractivity contribution < 1.29 is 24.2 Å². The van der Waals surface area contributed by atoms with Gasteiger partial charge in [0.15, 0.2) is 0 Å². The summed E-state index contributed by atoms with van der Waals surface area (Å²) >= 11 is 0. The van der Waals surface area contributed by atoms with Gasteiger partial charge in [-0.1, -0.05) is 18.2 Å². The number of hydrogen-bond donors (Lipinski definition) is 1. The smallest absolute Gasteiger partial charge is 0.135 e. The molecule has 0 saturated carbocycles. The molecular formula is C10H11NO4S. The van der Waals surface area contributed by atoms with Crippen LogP contribution in [0.3, 0.4) is 0 Å². The van der Waals surface area contributed by atoms with E-state index in [2.05, 4.69) is 5.73 Å². The van der Waals surface area contributed by atoms with Crippen molar-refractivity contribution in [2.24, 2.45) is 0 Å². The van der Waals surface area contributed by atoms with Gasteiger partial charge in [-0.2, -0.15) is 0 Å². The van der Waals surface area contributed by atoms with Crippen molar-refractivity contribution >= 4 is 26.6 Å². The molecule has 0 atom stereocenters. The van der Waals surface area contributed by atoms with Crippen LogP contribution in [-0.2, 0) is 10.1 Å². The Morgan fingerprint density at radius 1 is 1.00 bits per heavy atom. The summed E-state index contributed by atoms with van der Waals surface area (Å²) in [5, 5.41) is 1.12. The van der Waals surface area contributed by atoms with Gasteiger partial charge in [0.25, 0.3) is 0 Å². The van der Waals surface area contributed by atoms with Gasteiger partial charge in [-0.3, -0.25) is 0 Å². The molecule has 0 aromatic heterocycles. The van der Waals surface area contributed by atoms with Gasteiger partial charge in [-0.25, -0.2) is 8.42 Å². The molecule has 0 radical (unpaired) electrons. The standard InChI is InChI=1S/C10H9NO3S.H2O/c11-9-5-1-4-8-7(9)3-2-6-10(8)15(12,13)14;/h1-6H,11H2,(H,12,13,14);1H2. The highest BCUT2D eigenvalue weighted by atomic mass is 32.2. The third-order valence-electron chi connectivity index (χ3n) is 2.24. The summed E-state index contributed by atoms with van der Waals surface area (Å²) < 4.78 is 32.9. The minimum atomic E-state index is -4.42. The maximum Gasteiger partial charge on any atom is 0.135 e. The van der Waals surface area contributed by atoms with Gasteiger partial charge in [-0.05, 0) is 18.2 Å². The first-order valence-corrected chi connectivity index (χ1v) is 5.70. The Morgan fingerprint density at radius 2 is 1.56 bits per heavy atom. The van der Waals surface area contributed by atoms with E-state index in [1.54, 1.807) is 30.3 Å². The van der Waals surface area contributed by atoms with E-state index in [0.717, 1.165) is 0 Å². The van der Waals surface area contributed by atoms with Crippen molar-refractivity contribution in [3.05, 3.63) is 36.4 Å². The molecule has 6 heteroatoms. The molecule has 2 aromatic carbocycles. The van der Waals surface area contributed by atoms with Gasteiger partial charge in [0.2, 0.25) is 0 Å². The van der Waals surface area contributed by atoms with Crippen LogP contribution in [-0.4, -0.2) is 18.4 Å². The SMILES string of the molecule is O.[NH3+]c1cccc2c(S(=O)(=O)[O-])cccc12. The van der Waals surface area contributed by atoms with Crippen LogP contribution >= 0.6 is 0 Å². The largest absolute Gasteiger partial charge is 0.744 e. The molecule has 5 nitrogen and oxygen atoms in total. The van der Waals surface area contributed by atoms with E-state index in [0.29, 0.717) is 16.5 Å². The van der Waals surface area contributed by atoms with Crippen molar-refractivity contribution in [3.8, 4) is 0 Å². The van der Waals surface area contributed by atoms with Crippen molar-refractivity contribution in [2.75, 3.05) is 0 Å². The van der Waals surface area contributed by atoms with E-state index in [1.807, 2.05) is 0 Å². The summed E-state index contributed by atoms with van der Waals surface area (Å²) in [4.78, 5) is -0.189. The zero-order chi connectivity index (χ0) is 11.1. The van der Waals surface area contributed by atoms with Crippen LogP contribution in [0.5, 0.6) is 0 Å². The lowest BCUT2D eigenvalue weighted by molar-refractivity contribution is -0.252. The molecule has 16 heavy (non-hydrogen) atoms. The minimum Gasteiger partial charge on any atom is -0.744 e. The van der Waals surface area contributed by atoms with E-state index >= 15 is 0 Å². The van der Waals surface area contributed by atoms with Crippen LogP contribution in [0.4, 0.5) is 5.69 Å².